The molecule has 1 atom stereocenters. The van der Waals surface area contributed by atoms with Gasteiger partial charge in [0.25, 0.3) is 0 Å². The fraction of sp³-hybridized carbons (Fsp3) is 0.533. The summed E-state index contributed by atoms with van der Waals surface area (Å²) in [6.07, 6.45) is 5.55. The second-order valence-electron chi connectivity index (χ2n) is 5.30. The van der Waals surface area contributed by atoms with Gasteiger partial charge in [-0.2, -0.15) is 0 Å². The lowest BCUT2D eigenvalue weighted by Gasteiger charge is -2.15. The van der Waals surface area contributed by atoms with Crippen molar-refractivity contribution in [2.45, 2.75) is 43.1 Å². The number of carbonyl (C=O) groups is 1. The lowest BCUT2D eigenvalue weighted by Crippen LogP contribution is -2.14. The summed E-state index contributed by atoms with van der Waals surface area (Å²) in [4.78, 5) is 11.8. The minimum atomic E-state index is -1.02. The first kappa shape index (κ1) is 15.7. The summed E-state index contributed by atoms with van der Waals surface area (Å²) in [5, 5.41) is 19.3. The summed E-state index contributed by atoms with van der Waals surface area (Å²) in [6, 6.07) is 4.95. The second kappa shape index (κ2) is 7.34. The van der Waals surface area contributed by atoms with Crippen LogP contribution in [0.1, 0.15) is 42.5 Å². The number of aromatic carboxylic acids is 1. The van der Waals surface area contributed by atoms with Crippen LogP contribution in [0.3, 0.4) is 0 Å². The largest absolute Gasteiger partial charge is 0.478 e. The van der Waals surface area contributed by atoms with Crippen molar-refractivity contribution >= 4 is 29.3 Å². The van der Waals surface area contributed by atoms with Crippen LogP contribution < -0.4 is 0 Å². The predicted octanol–water partition coefficient (Wildman–Crippen LogP) is 4.07. The molecule has 3 nitrogen and oxygen atoms in total. The zero-order valence-electron chi connectivity index (χ0n) is 11.2. The molecule has 0 heterocycles. The Morgan fingerprint density at radius 1 is 1.40 bits per heavy atom. The van der Waals surface area contributed by atoms with Crippen molar-refractivity contribution in [1.82, 2.24) is 0 Å². The highest BCUT2D eigenvalue weighted by molar-refractivity contribution is 7.99. The first-order chi connectivity index (χ1) is 9.56. The van der Waals surface area contributed by atoms with E-state index in [0.717, 1.165) is 11.3 Å². The first-order valence-electron chi connectivity index (χ1n) is 6.90. The number of carboxylic acids is 1. The average Bonchev–Trinajstić information content (AvgIpc) is 2.90. The maximum absolute atomic E-state index is 11.0. The summed E-state index contributed by atoms with van der Waals surface area (Å²) in [5.41, 5.74) is 0.113. The molecule has 2 rings (SSSR count). The van der Waals surface area contributed by atoms with E-state index in [-0.39, 0.29) is 16.7 Å². The predicted molar refractivity (Wildman–Crippen MR) is 81.7 cm³/mol. The van der Waals surface area contributed by atoms with Crippen LogP contribution in [0.4, 0.5) is 0 Å². The highest BCUT2D eigenvalue weighted by atomic mass is 35.5. The van der Waals surface area contributed by atoms with E-state index in [1.807, 2.05) is 0 Å². The molecule has 2 N–H and O–H groups in total. The smallest absolute Gasteiger partial charge is 0.337 e. The van der Waals surface area contributed by atoms with E-state index >= 15 is 0 Å². The monoisotopic (exact) mass is 314 g/mol. The van der Waals surface area contributed by atoms with Crippen molar-refractivity contribution in [3.63, 3.8) is 0 Å². The highest BCUT2D eigenvalue weighted by Gasteiger charge is 2.19. The molecule has 1 aromatic carbocycles. The molecule has 1 aliphatic carbocycles. The molecule has 110 valence electrons. The zero-order valence-corrected chi connectivity index (χ0v) is 12.8. The van der Waals surface area contributed by atoms with E-state index in [9.17, 15) is 9.90 Å². The van der Waals surface area contributed by atoms with Crippen LogP contribution in [0.5, 0.6) is 0 Å². The number of thioether (sulfide) groups is 1. The van der Waals surface area contributed by atoms with Crippen LogP contribution in [0, 0.1) is 5.92 Å². The molecule has 1 aromatic rings. The average molecular weight is 315 g/mol. The van der Waals surface area contributed by atoms with Gasteiger partial charge in [0.05, 0.1) is 16.7 Å². The summed E-state index contributed by atoms with van der Waals surface area (Å²) in [6.45, 7) is 0. The standard InChI is InChI=1S/C15H19ClO3S/c16-14-6-5-12(8-13(14)15(18)19)20-9-11(17)7-10-3-1-2-4-10/h5-6,8,10-11,17H,1-4,7,9H2,(H,18,19). The number of hydrogen-bond acceptors (Lipinski definition) is 3. The van der Waals surface area contributed by atoms with Crippen LogP contribution >= 0.6 is 23.4 Å². The molecule has 0 aliphatic heterocycles. The Labute approximate surface area is 128 Å². The third-order valence-electron chi connectivity index (χ3n) is 3.69. The van der Waals surface area contributed by atoms with Gasteiger partial charge in [-0.15, -0.1) is 11.8 Å². The third-order valence-corrected chi connectivity index (χ3v) is 5.16. The first-order valence-corrected chi connectivity index (χ1v) is 8.26. The number of halogens is 1. The number of carboxylic acid groups (broad SMARTS) is 1. The van der Waals surface area contributed by atoms with Crippen molar-refractivity contribution in [3.8, 4) is 0 Å². The van der Waals surface area contributed by atoms with Gasteiger partial charge in [-0.05, 0) is 30.5 Å². The topological polar surface area (TPSA) is 57.5 Å². The Kier molecular flexibility index (Phi) is 5.75. The minimum absolute atomic E-state index is 0.113. The number of aliphatic hydroxyl groups is 1. The van der Waals surface area contributed by atoms with Crippen LogP contribution in [-0.4, -0.2) is 28.0 Å². The third kappa shape index (κ3) is 4.40. The molecule has 0 saturated heterocycles. The Morgan fingerprint density at radius 2 is 2.10 bits per heavy atom. The van der Waals surface area contributed by atoms with Gasteiger partial charge in [-0.1, -0.05) is 37.3 Å². The number of benzene rings is 1. The van der Waals surface area contributed by atoms with Gasteiger partial charge < -0.3 is 10.2 Å². The van der Waals surface area contributed by atoms with E-state index in [1.165, 1.54) is 37.4 Å². The van der Waals surface area contributed by atoms with E-state index in [0.29, 0.717) is 11.7 Å². The molecule has 5 heteroatoms. The van der Waals surface area contributed by atoms with Crippen LogP contribution in [0.2, 0.25) is 5.02 Å². The summed E-state index contributed by atoms with van der Waals surface area (Å²) >= 11 is 7.31. The zero-order chi connectivity index (χ0) is 14.5. The molecular formula is C15H19ClO3S. The Balaban J connectivity index is 1.86. The molecule has 0 radical (unpaired) electrons. The Morgan fingerprint density at radius 3 is 2.75 bits per heavy atom. The SMILES string of the molecule is O=C(O)c1cc(SCC(O)CC2CCCC2)ccc1Cl. The molecule has 0 bridgehead atoms. The quantitative estimate of drug-likeness (QED) is 0.777. The second-order valence-corrected chi connectivity index (χ2v) is 6.80. The van der Waals surface area contributed by atoms with Crippen molar-refractivity contribution in [2.75, 3.05) is 5.75 Å². The number of aliphatic hydroxyl groups excluding tert-OH is 1. The fourth-order valence-corrected chi connectivity index (χ4v) is 3.73. The van der Waals surface area contributed by atoms with Crippen molar-refractivity contribution < 1.29 is 15.0 Å². The fourth-order valence-electron chi connectivity index (χ4n) is 2.65. The lowest BCUT2D eigenvalue weighted by molar-refractivity contribution is 0.0697. The maximum atomic E-state index is 11.0. The van der Waals surface area contributed by atoms with Crippen molar-refractivity contribution in [3.05, 3.63) is 28.8 Å². The van der Waals surface area contributed by atoms with Crippen LogP contribution in [0.25, 0.3) is 0 Å². The molecule has 20 heavy (non-hydrogen) atoms. The van der Waals surface area contributed by atoms with Gasteiger partial charge in [0, 0.05) is 10.6 Å². The van der Waals surface area contributed by atoms with Gasteiger partial charge in [-0.3, -0.25) is 0 Å². The van der Waals surface area contributed by atoms with Gasteiger partial charge in [-0.25, -0.2) is 4.79 Å². The molecular weight excluding hydrogens is 296 g/mol. The number of hydrogen-bond donors (Lipinski definition) is 2. The van der Waals surface area contributed by atoms with Gasteiger partial charge in [0.15, 0.2) is 0 Å². The highest BCUT2D eigenvalue weighted by Crippen LogP contribution is 2.31. The minimum Gasteiger partial charge on any atom is -0.478 e. The molecule has 1 aliphatic rings. The van der Waals surface area contributed by atoms with Crippen LogP contribution in [-0.2, 0) is 0 Å². The van der Waals surface area contributed by atoms with E-state index in [4.69, 9.17) is 16.7 Å². The Hall–Kier alpha value is -0.710. The Bertz CT molecular complexity index is 472. The molecule has 1 saturated carbocycles. The summed E-state index contributed by atoms with van der Waals surface area (Å²) in [5.74, 6) is 0.228. The van der Waals surface area contributed by atoms with E-state index < -0.39 is 5.97 Å². The summed E-state index contributed by atoms with van der Waals surface area (Å²) < 4.78 is 0. The summed E-state index contributed by atoms with van der Waals surface area (Å²) in [7, 11) is 0. The van der Waals surface area contributed by atoms with E-state index in [2.05, 4.69) is 0 Å². The maximum Gasteiger partial charge on any atom is 0.337 e. The molecule has 0 amide bonds. The number of rotatable bonds is 6. The molecule has 1 fully saturated rings. The van der Waals surface area contributed by atoms with E-state index in [1.54, 1.807) is 18.2 Å². The van der Waals surface area contributed by atoms with Crippen molar-refractivity contribution in [1.29, 1.82) is 0 Å². The van der Waals surface area contributed by atoms with Crippen LogP contribution in [0.15, 0.2) is 23.1 Å². The molecule has 0 spiro atoms. The van der Waals surface area contributed by atoms with Crippen molar-refractivity contribution in [2.24, 2.45) is 5.92 Å². The lowest BCUT2D eigenvalue weighted by atomic mass is 10.0. The van der Waals surface area contributed by atoms with Gasteiger partial charge >= 0.3 is 5.97 Å². The molecule has 0 aromatic heterocycles. The molecule has 1 unspecified atom stereocenters. The van der Waals surface area contributed by atoms with Gasteiger partial charge in [0.1, 0.15) is 0 Å². The van der Waals surface area contributed by atoms with Gasteiger partial charge in [0.2, 0.25) is 0 Å². The normalized spacial score (nSPS) is 17.3.